The van der Waals surface area contributed by atoms with Crippen molar-refractivity contribution in [1.29, 1.82) is 5.26 Å². The van der Waals surface area contributed by atoms with Crippen LogP contribution in [0.3, 0.4) is 0 Å². The van der Waals surface area contributed by atoms with E-state index in [2.05, 4.69) is 10.2 Å². The van der Waals surface area contributed by atoms with Crippen LogP contribution in [0.4, 0.5) is 10.1 Å². The van der Waals surface area contributed by atoms with Crippen molar-refractivity contribution in [3.8, 4) is 17.7 Å². The zero-order chi connectivity index (χ0) is 15.6. The van der Waals surface area contributed by atoms with Crippen LogP contribution in [-0.2, 0) is 0 Å². The van der Waals surface area contributed by atoms with Crippen molar-refractivity contribution in [2.24, 2.45) is 0 Å². The molecular formula is C13H9FN4O3. The molecule has 2 aromatic rings. The minimum Gasteiger partial charge on any atom is -0.426 e. The summed E-state index contributed by atoms with van der Waals surface area (Å²) in [7, 11) is 0. The minimum atomic E-state index is -0.923. The van der Waals surface area contributed by atoms with Crippen molar-refractivity contribution in [3.63, 3.8) is 0 Å². The van der Waals surface area contributed by atoms with Gasteiger partial charge in [0.1, 0.15) is 11.6 Å². The third-order valence-electron chi connectivity index (χ3n) is 2.88. The van der Waals surface area contributed by atoms with Gasteiger partial charge in [-0.15, -0.1) is 5.10 Å². The smallest absolute Gasteiger partial charge is 0.314 e. The monoisotopic (exact) mass is 288 g/mol. The van der Waals surface area contributed by atoms with Crippen LogP contribution in [0, 0.1) is 41.1 Å². The number of benzene rings is 1. The predicted molar refractivity (Wildman–Crippen MR) is 69.3 cm³/mol. The molecule has 8 heteroatoms. The van der Waals surface area contributed by atoms with Crippen LogP contribution in [0.25, 0.3) is 0 Å². The molecule has 0 unspecified atom stereocenters. The molecule has 0 amide bonds. The van der Waals surface area contributed by atoms with Crippen molar-refractivity contribution >= 4 is 5.69 Å². The molecule has 0 fully saturated rings. The summed E-state index contributed by atoms with van der Waals surface area (Å²) in [6.07, 6.45) is 0. The van der Waals surface area contributed by atoms with Gasteiger partial charge in [-0.1, -0.05) is 6.07 Å². The van der Waals surface area contributed by atoms with Gasteiger partial charge in [-0.3, -0.25) is 10.1 Å². The molecule has 0 aliphatic heterocycles. The first-order valence-electron chi connectivity index (χ1n) is 5.80. The van der Waals surface area contributed by atoms with Gasteiger partial charge in [0.25, 0.3) is 5.88 Å². The zero-order valence-corrected chi connectivity index (χ0v) is 11.1. The summed E-state index contributed by atoms with van der Waals surface area (Å²) >= 11 is 0. The number of rotatable bonds is 3. The standard InChI is InChI=1S/C13H9FN4O3/c1-7-8(2)16-17-13(9(7)6-15)21-12-10(14)4-3-5-11(12)18(19)20/h3-5H,1-2H3. The molecule has 0 saturated carbocycles. The molecule has 0 spiro atoms. The van der Waals surface area contributed by atoms with Crippen LogP contribution in [0.5, 0.6) is 11.6 Å². The number of hydrogen-bond donors (Lipinski definition) is 0. The van der Waals surface area contributed by atoms with E-state index in [1.165, 1.54) is 6.07 Å². The highest BCUT2D eigenvalue weighted by Gasteiger charge is 2.23. The summed E-state index contributed by atoms with van der Waals surface area (Å²) < 4.78 is 18.9. The summed E-state index contributed by atoms with van der Waals surface area (Å²) in [5, 5.41) is 27.5. The zero-order valence-electron chi connectivity index (χ0n) is 11.1. The average Bonchev–Trinajstić information content (AvgIpc) is 2.45. The van der Waals surface area contributed by atoms with Crippen LogP contribution in [-0.4, -0.2) is 15.1 Å². The van der Waals surface area contributed by atoms with E-state index in [1.54, 1.807) is 13.8 Å². The molecule has 7 nitrogen and oxygen atoms in total. The normalized spacial score (nSPS) is 10.0. The molecule has 0 atom stereocenters. The molecule has 0 bridgehead atoms. The molecule has 1 heterocycles. The topological polar surface area (TPSA) is 102 Å². The lowest BCUT2D eigenvalue weighted by Crippen LogP contribution is -2.03. The lowest BCUT2D eigenvalue weighted by molar-refractivity contribution is -0.385. The summed E-state index contributed by atoms with van der Waals surface area (Å²) in [5.41, 5.74) is 0.530. The lowest BCUT2D eigenvalue weighted by Gasteiger charge is -2.09. The van der Waals surface area contributed by atoms with E-state index < -0.39 is 22.2 Å². The lowest BCUT2D eigenvalue weighted by atomic mass is 10.1. The molecule has 106 valence electrons. The second-order valence-corrected chi connectivity index (χ2v) is 4.15. The number of para-hydroxylation sites is 1. The number of nitriles is 1. The van der Waals surface area contributed by atoms with Crippen molar-refractivity contribution < 1.29 is 14.1 Å². The molecule has 0 N–H and O–H groups in total. The first-order valence-corrected chi connectivity index (χ1v) is 5.80. The number of nitro benzene ring substituents is 1. The predicted octanol–water partition coefficient (Wildman–Crippen LogP) is 2.80. The molecule has 0 aliphatic carbocycles. The van der Waals surface area contributed by atoms with Gasteiger partial charge in [-0.05, 0) is 25.5 Å². The van der Waals surface area contributed by atoms with Crippen LogP contribution >= 0.6 is 0 Å². The first kappa shape index (κ1) is 14.3. The maximum atomic E-state index is 13.8. The van der Waals surface area contributed by atoms with E-state index in [0.717, 1.165) is 12.1 Å². The number of aryl methyl sites for hydroxylation is 1. The van der Waals surface area contributed by atoms with E-state index in [1.807, 2.05) is 6.07 Å². The fraction of sp³-hybridized carbons (Fsp3) is 0.154. The van der Waals surface area contributed by atoms with E-state index in [0.29, 0.717) is 11.3 Å². The van der Waals surface area contributed by atoms with E-state index in [-0.39, 0.29) is 11.4 Å². The van der Waals surface area contributed by atoms with Gasteiger partial charge >= 0.3 is 5.69 Å². The average molecular weight is 288 g/mol. The fourth-order valence-corrected chi connectivity index (χ4v) is 1.63. The summed E-state index contributed by atoms with van der Waals surface area (Å²) in [6.45, 7) is 3.28. The Bertz CT molecular complexity index is 771. The number of nitro groups is 1. The van der Waals surface area contributed by atoms with Crippen molar-refractivity contribution in [1.82, 2.24) is 10.2 Å². The first-order chi connectivity index (χ1) is 9.95. The highest BCUT2D eigenvalue weighted by molar-refractivity contribution is 5.52. The number of aromatic nitrogens is 2. The number of hydrogen-bond acceptors (Lipinski definition) is 6. The molecule has 0 saturated heterocycles. The Kier molecular flexibility index (Phi) is 3.75. The Balaban J connectivity index is 2.57. The second-order valence-electron chi connectivity index (χ2n) is 4.15. The van der Waals surface area contributed by atoms with Gasteiger partial charge in [-0.2, -0.15) is 10.4 Å². The Labute approximate surface area is 118 Å². The molecule has 1 aromatic heterocycles. The Morgan fingerprint density at radius 1 is 1.38 bits per heavy atom. The quantitative estimate of drug-likeness (QED) is 0.635. The maximum absolute atomic E-state index is 13.8. The highest BCUT2D eigenvalue weighted by Crippen LogP contribution is 2.34. The number of ether oxygens (including phenoxy) is 1. The number of halogens is 1. The largest absolute Gasteiger partial charge is 0.426 e. The van der Waals surface area contributed by atoms with Crippen molar-refractivity contribution in [2.45, 2.75) is 13.8 Å². The van der Waals surface area contributed by atoms with Gasteiger partial charge < -0.3 is 4.74 Å². The summed E-state index contributed by atoms with van der Waals surface area (Å²) in [6, 6.07) is 5.18. The van der Waals surface area contributed by atoms with E-state index >= 15 is 0 Å². The van der Waals surface area contributed by atoms with Crippen LogP contribution < -0.4 is 4.74 Å². The molecule has 0 aliphatic rings. The van der Waals surface area contributed by atoms with E-state index in [9.17, 15) is 14.5 Å². The maximum Gasteiger partial charge on any atom is 0.314 e. The minimum absolute atomic E-state index is 0.0556. The Hall–Kier alpha value is -3.08. The van der Waals surface area contributed by atoms with Crippen molar-refractivity contribution in [2.75, 3.05) is 0 Å². The van der Waals surface area contributed by atoms with Crippen LogP contribution in [0.15, 0.2) is 18.2 Å². The Morgan fingerprint density at radius 2 is 2.10 bits per heavy atom. The highest BCUT2D eigenvalue weighted by atomic mass is 19.1. The Morgan fingerprint density at radius 3 is 2.71 bits per heavy atom. The van der Waals surface area contributed by atoms with Gasteiger partial charge in [0.05, 0.1) is 10.6 Å². The second kappa shape index (κ2) is 5.50. The van der Waals surface area contributed by atoms with Gasteiger partial charge in [0, 0.05) is 6.07 Å². The molecule has 2 rings (SSSR count). The SMILES string of the molecule is Cc1nnc(Oc2c(F)cccc2[N+](=O)[O-])c(C#N)c1C. The fourth-order valence-electron chi connectivity index (χ4n) is 1.63. The van der Waals surface area contributed by atoms with Gasteiger partial charge in [-0.25, -0.2) is 4.39 Å². The molecular weight excluding hydrogens is 279 g/mol. The molecule has 1 aromatic carbocycles. The van der Waals surface area contributed by atoms with Crippen LogP contribution in [0.1, 0.15) is 16.8 Å². The third kappa shape index (κ3) is 2.62. The van der Waals surface area contributed by atoms with Gasteiger partial charge in [0.2, 0.25) is 5.75 Å². The number of nitrogens with zero attached hydrogens (tertiary/aromatic N) is 4. The van der Waals surface area contributed by atoms with E-state index in [4.69, 9.17) is 10.00 Å². The van der Waals surface area contributed by atoms with Gasteiger partial charge in [0.15, 0.2) is 5.82 Å². The van der Waals surface area contributed by atoms with Crippen LogP contribution in [0.2, 0.25) is 0 Å². The molecule has 21 heavy (non-hydrogen) atoms. The van der Waals surface area contributed by atoms with Crippen molar-refractivity contribution in [3.05, 3.63) is 51.0 Å². The molecule has 0 radical (unpaired) electrons. The summed E-state index contributed by atoms with van der Waals surface area (Å²) in [4.78, 5) is 10.1. The third-order valence-corrected chi connectivity index (χ3v) is 2.88. The summed E-state index contributed by atoms with van der Waals surface area (Å²) in [5.74, 6) is -1.79.